The van der Waals surface area contributed by atoms with E-state index in [4.69, 9.17) is 0 Å². The van der Waals surface area contributed by atoms with E-state index in [2.05, 4.69) is 33.2 Å². The van der Waals surface area contributed by atoms with Gasteiger partial charge in [0.1, 0.15) is 5.82 Å². The van der Waals surface area contributed by atoms with E-state index < -0.39 is 0 Å². The van der Waals surface area contributed by atoms with Crippen LogP contribution in [0.15, 0.2) is 22.7 Å². The second kappa shape index (κ2) is 6.64. The molecule has 1 fully saturated rings. The van der Waals surface area contributed by atoms with E-state index in [1.54, 1.807) is 0 Å². The van der Waals surface area contributed by atoms with Crippen LogP contribution >= 0.6 is 15.9 Å². The number of piperidine rings is 1. The monoisotopic (exact) mass is 314 g/mol. The summed E-state index contributed by atoms with van der Waals surface area (Å²) < 4.78 is 13.9. The summed E-state index contributed by atoms with van der Waals surface area (Å²) in [7, 11) is 2.12. The molecule has 2 nitrogen and oxygen atoms in total. The van der Waals surface area contributed by atoms with Gasteiger partial charge in [0, 0.05) is 23.6 Å². The number of hydrogen-bond donors (Lipinski definition) is 1. The van der Waals surface area contributed by atoms with E-state index in [0.717, 1.165) is 29.7 Å². The van der Waals surface area contributed by atoms with Gasteiger partial charge in [0.05, 0.1) is 0 Å². The normalized spacial score (nSPS) is 20.3. The fraction of sp³-hybridized carbons (Fsp3) is 0.571. The number of halogens is 2. The highest BCUT2D eigenvalue weighted by molar-refractivity contribution is 9.10. The van der Waals surface area contributed by atoms with Crippen molar-refractivity contribution in [3.63, 3.8) is 0 Å². The number of nitrogens with zero attached hydrogens (tertiary/aromatic N) is 1. The smallest absolute Gasteiger partial charge is 0.124 e. The Morgan fingerprint density at radius 1 is 1.44 bits per heavy atom. The molecule has 2 rings (SSSR count). The van der Waals surface area contributed by atoms with Crippen LogP contribution in [-0.2, 0) is 6.54 Å². The van der Waals surface area contributed by atoms with Gasteiger partial charge in [-0.2, -0.15) is 0 Å². The van der Waals surface area contributed by atoms with Gasteiger partial charge in [0.15, 0.2) is 0 Å². The molecule has 0 aliphatic carbocycles. The fourth-order valence-electron chi connectivity index (χ4n) is 2.46. The highest BCUT2D eigenvalue weighted by Crippen LogP contribution is 2.19. The van der Waals surface area contributed by atoms with Crippen molar-refractivity contribution < 1.29 is 4.39 Å². The molecule has 1 heterocycles. The molecule has 4 heteroatoms. The minimum atomic E-state index is -0.192. The number of benzene rings is 1. The van der Waals surface area contributed by atoms with Crippen LogP contribution in [0.4, 0.5) is 4.39 Å². The number of likely N-dealkylation sites (N-methyl/N-ethyl adjacent to an activating group) is 1. The summed E-state index contributed by atoms with van der Waals surface area (Å²) >= 11 is 3.42. The highest BCUT2D eigenvalue weighted by atomic mass is 79.9. The van der Waals surface area contributed by atoms with E-state index in [-0.39, 0.29) is 5.82 Å². The van der Waals surface area contributed by atoms with Gasteiger partial charge in [-0.25, -0.2) is 4.39 Å². The van der Waals surface area contributed by atoms with Crippen LogP contribution in [0.3, 0.4) is 0 Å². The fourth-order valence-corrected chi connectivity index (χ4v) is 2.94. The summed E-state index contributed by atoms with van der Waals surface area (Å²) in [5.41, 5.74) is 1.13. The maximum absolute atomic E-state index is 13.0. The van der Waals surface area contributed by atoms with Crippen molar-refractivity contribution in [2.75, 3.05) is 20.1 Å². The molecule has 1 aromatic carbocycles. The number of rotatable bonds is 4. The van der Waals surface area contributed by atoms with Gasteiger partial charge >= 0.3 is 0 Å². The Bertz CT molecular complexity index is 391. The van der Waals surface area contributed by atoms with Crippen LogP contribution in [0.2, 0.25) is 0 Å². The van der Waals surface area contributed by atoms with Gasteiger partial charge in [0.25, 0.3) is 0 Å². The molecule has 1 saturated heterocycles. The molecule has 0 spiro atoms. The summed E-state index contributed by atoms with van der Waals surface area (Å²) in [6.07, 6.45) is 3.88. The zero-order valence-electron chi connectivity index (χ0n) is 10.8. The van der Waals surface area contributed by atoms with Crippen LogP contribution in [0.25, 0.3) is 0 Å². The molecule has 1 unspecified atom stereocenters. The Balaban J connectivity index is 1.87. The number of hydrogen-bond acceptors (Lipinski definition) is 2. The van der Waals surface area contributed by atoms with Crippen molar-refractivity contribution in [1.29, 1.82) is 0 Å². The lowest BCUT2D eigenvalue weighted by Gasteiger charge is -2.28. The molecule has 0 radical (unpaired) electrons. The van der Waals surface area contributed by atoms with E-state index in [1.165, 1.54) is 31.4 Å². The topological polar surface area (TPSA) is 15.3 Å². The van der Waals surface area contributed by atoms with Crippen LogP contribution < -0.4 is 5.32 Å². The maximum atomic E-state index is 13.0. The molecule has 0 saturated carbocycles. The number of nitrogens with one attached hydrogen (secondary N) is 1. The lowest BCUT2D eigenvalue weighted by Crippen LogP contribution is -2.42. The summed E-state index contributed by atoms with van der Waals surface area (Å²) in [5.74, 6) is -0.192. The van der Waals surface area contributed by atoms with E-state index in [1.807, 2.05) is 6.07 Å². The van der Waals surface area contributed by atoms with Crippen molar-refractivity contribution in [2.45, 2.75) is 31.8 Å². The van der Waals surface area contributed by atoms with Crippen molar-refractivity contribution in [2.24, 2.45) is 0 Å². The summed E-state index contributed by atoms with van der Waals surface area (Å²) in [6, 6.07) is 5.50. The first-order valence-electron chi connectivity index (χ1n) is 6.51. The first-order chi connectivity index (χ1) is 8.65. The average molecular weight is 315 g/mol. The minimum Gasteiger partial charge on any atom is -0.313 e. The molecule has 18 heavy (non-hydrogen) atoms. The SMILES string of the molecule is CN(Cc1ccc(F)cc1Br)CC1CCCCN1. The minimum absolute atomic E-state index is 0.192. The summed E-state index contributed by atoms with van der Waals surface area (Å²) in [4.78, 5) is 2.29. The zero-order chi connectivity index (χ0) is 13.0. The first kappa shape index (κ1) is 14.0. The molecule has 1 aromatic rings. The largest absolute Gasteiger partial charge is 0.313 e. The molecule has 1 atom stereocenters. The maximum Gasteiger partial charge on any atom is 0.124 e. The quantitative estimate of drug-likeness (QED) is 0.918. The first-order valence-corrected chi connectivity index (χ1v) is 7.30. The predicted octanol–water partition coefficient (Wildman–Crippen LogP) is 3.16. The van der Waals surface area contributed by atoms with Gasteiger partial charge in [-0.1, -0.05) is 28.4 Å². The Morgan fingerprint density at radius 2 is 2.28 bits per heavy atom. The molecule has 0 aromatic heterocycles. The average Bonchev–Trinajstić information content (AvgIpc) is 2.34. The van der Waals surface area contributed by atoms with E-state index in [9.17, 15) is 4.39 Å². The van der Waals surface area contributed by atoms with Crippen molar-refractivity contribution in [3.05, 3.63) is 34.1 Å². The summed E-state index contributed by atoms with van der Waals surface area (Å²) in [6.45, 7) is 3.03. The third kappa shape index (κ3) is 4.04. The van der Waals surface area contributed by atoms with Crippen molar-refractivity contribution >= 4 is 15.9 Å². The third-order valence-electron chi connectivity index (χ3n) is 3.40. The Kier molecular flexibility index (Phi) is 5.15. The van der Waals surface area contributed by atoms with Crippen molar-refractivity contribution in [3.8, 4) is 0 Å². The Morgan fingerprint density at radius 3 is 2.94 bits per heavy atom. The van der Waals surface area contributed by atoms with Crippen LogP contribution in [0.1, 0.15) is 24.8 Å². The molecule has 100 valence electrons. The molecule has 1 aliphatic heterocycles. The lowest BCUT2D eigenvalue weighted by atomic mass is 10.0. The van der Waals surface area contributed by atoms with Gasteiger partial charge in [-0.3, -0.25) is 0 Å². The van der Waals surface area contributed by atoms with E-state index in [0.29, 0.717) is 6.04 Å². The van der Waals surface area contributed by atoms with Gasteiger partial charge in [-0.15, -0.1) is 0 Å². The Labute approximate surface area is 117 Å². The Hall–Kier alpha value is -0.450. The van der Waals surface area contributed by atoms with Crippen LogP contribution in [0, 0.1) is 5.82 Å². The van der Waals surface area contributed by atoms with Crippen LogP contribution in [0.5, 0.6) is 0 Å². The second-order valence-corrected chi connectivity index (χ2v) is 5.93. The van der Waals surface area contributed by atoms with E-state index >= 15 is 0 Å². The van der Waals surface area contributed by atoms with Crippen LogP contribution in [-0.4, -0.2) is 31.1 Å². The van der Waals surface area contributed by atoms with Gasteiger partial charge in [0.2, 0.25) is 0 Å². The predicted molar refractivity (Wildman–Crippen MR) is 76.1 cm³/mol. The molecule has 1 aliphatic rings. The second-order valence-electron chi connectivity index (χ2n) is 5.08. The lowest BCUT2D eigenvalue weighted by molar-refractivity contribution is 0.256. The van der Waals surface area contributed by atoms with Crippen molar-refractivity contribution in [1.82, 2.24) is 10.2 Å². The molecule has 1 N–H and O–H groups in total. The molecular weight excluding hydrogens is 295 g/mol. The molecule has 0 bridgehead atoms. The standard InChI is InChI=1S/C14H20BrFN2/c1-18(10-13-4-2-3-7-17-13)9-11-5-6-12(16)8-14(11)15/h5-6,8,13,17H,2-4,7,9-10H2,1H3. The molecule has 0 amide bonds. The summed E-state index contributed by atoms with van der Waals surface area (Å²) in [5, 5.41) is 3.55. The zero-order valence-corrected chi connectivity index (χ0v) is 12.3. The third-order valence-corrected chi connectivity index (χ3v) is 4.14. The highest BCUT2D eigenvalue weighted by Gasteiger charge is 2.15. The van der Waals surface area contributed by atoms with Gasteiger partial charge in [-0.05, 0) is 44.1 Å². The molecular formula is C14H20BrFN2. The van der Waals surface area contributed by atoms with Gasteiger partial charge < -0.3 is 10.2 Å².